The van der Waals surface area contributed by atoms with Crippen molar-refractivity contribution in [2.45, 2.75) is 13.8 Å². The topological polar surface area (TPSA) is 89.6 Å². The average Bonchev–Trinajstić information content (AvgIpc) is 3.28. The minimum absolute atomic E-state index is 0.0391. The van der Waals surface area contributed by atoms with Crippen LogP contribution in [0.3, 0.4) is 0 Å². The summed E-state index contributed by atoms with van der Waals surface area (Å²) >= 11 is 13.9. The Hall–Kier alpha value is -3.32. The number of thiophene rings is 1. The van der Waals surface area contributed by atoms with Crippen molar-refractivity contribution >= 4 is 62.1 Å². The Balaban J connectivity index is 1.58. The van der Waals surface area contributed by atoms with Gasteiger partial charge in [-0.05, 0) is 59.0 Å². The second kappa shape index (κ2) is 10.7. The molecule has 0 saturated heterocycles. The first-order valence-electron chi connectivity index (χ1n) is 11.1. The third-order valence-corrected chi connectivity index (χ3v) is 7.41. The van der Waals surface area contributed by atoms with Crippen molar-refractivity contribution in [3.8, 4) is 16.9 Å². The molecule has 1 heterocycles. The van der Waals surface area contributed by atoms with Crippen LogP contribution in [-0.4, -0.2) is 23.5 Å². The van der Waals surface area contributed by atoms with Crippen LogP contribution < -0.4 is 10.5 Å². The Morgan fingerprint density at radius 2 is 1.61 bits per heavy atom. The largest absolute Gasteiger partial charge is 0.489 e. The van der Waals surface area contributed by atoms with E-state index in [1.54, 1.807) is 38.1 Å². The smallest absolute Gasteiger partial charge is 0.345 e. The van der Waals surface area contributed by atoms with Crippen molar-refractivity contribution < 1.29 is 19.4 Å². The lowest BCUT2D eigenvalue weighted by Gasteiger charge is -2.16. The van der Waals surface area contributed by atoms with Gasteiger partial charge in [-0.25, -0.2) is 4.79 Å². The van der Waals surface area contributed by atoms with Crippen molar-refractivity contribution in [1.82, 2.24) is 0 Å². The Morgan fingerprint density at radius 3 is 2.22 bits per heavy atom. The van der Waals surface area contributed by atoms with Gasteiger partial charge in [0, 0.05) is 16.2 Å². The van der Waals surface area contributed by atoms with Crippen LogP contribution in [0.5, 0.6) is 5.75 Å². The number of fused-ring (bicyclic) bond motifs is 1. The van der Waals surface area contributed by atoms with Gasteiger partial charge in [-0.2, -0.15) is 0 Å². The molecule has 0 bridgehead atoms. The number of carboxylic acid groups (broad SMARTS) is 1. The number of rotatable bonds is 8. The third-order valence-electron chi connectivity index (χ3n) is 5.68. The predicted molar refractivity (Wildman–Crippen MR) is 147 cm³/mol. The molecule has 0 atom stereocenters. The van der Waals surface area contributed by atoms with Crippen LogP contribution in [0.25, 0.3) is 26.9 Å². The maximum absolute atomic E-state index is 13.0. The summed E-state index contributed by atoms with van der Waals surface area (Å²) in [5, 5.41) is 10.8. The highest BCUT2D eigenvalue weighted by atomic mass is 35.5. The van der Waals surface area contributed by atoms with Crippen LogP contribution in [0.15, 0.2) is 72.3 Å². The normalized spacial score (nSPS) is 12.0. The van der Waals surface area contributed by atoms with Gasteiger partial charge in [0.25, 0.3) is 0 Å². The zero-order valence-corrected chi connectivity index (χ0v) is 21.9. The molecule has 0 saturated carbocycles. The highest BCUT2D eigenvalue weighted by Crippen LogP contribution is 2.33. The predicted octanol–water partition coefficient (Wildman–Crippen LogP) is 7.55. The van der Waals surface area contributed by atoms with Crippen LogP contribution >= 0.6 is 34.5 Å². The fourth-order valence-corrected chi connectivity index (χ4v) is 5.25. The number of aromatic carboxylic acids is 1. The molecule has 0 amide bonds. The fourth-order valence-electron chi connectivity index (χ4n) is 3.76. The Labute approximate surface area is 222 Å². The van der Waals surface area contributed by atoms with Gasteiger partial charge in [-0.1, -0.05) is 61.3 Å². The van der Waals surface area contributed by atoms with E-state index in [4.69, 9.17) is 33.7 Å². The van der Waals surface area contributed by atoms with Crippen LogP contribution in [0.2, 0.25) is 10.0 Å². The van der Waals surface area contributed by atoms with E-state index in [9.17, 15) is 14.7 Å². The zero-order valence-electron chi connectivity index (χ0n) is 19.5. The number of carbonyl (C=O) groups is 2. The second-order valence-electron chi connectivity index (χ2n) is 8.49. The van der Waals surface area contributed by atoms with E-state index in [0.717, 1.165) is 21.2 Å². The number of ketones is 1. The maximum atomic E-state index is 13.0. The van der Waals surface area contributed by atoms with E-state index in [-0.39, 0.29) is 24.0 Å². The summed E-state index contributed by atoms with van der Waals surface area (Å²) in [6.07, 6.45) is 0. The third kappa shape index (κ3) is 5.41. The van der Waals surface area contributed by atoms with Gasteiger partial charge in [-0.15, -0.1) is 11.3 Å². The molecule has 1 aromatic heterocycles. The van der Waals surface area contributed by atoms with E-state index in [2.05, 4.69) is 0 Å². The van der Waals surface area contributed by atoms with Crippen molar-refractivity contribution in [1.29, 1.82) is 0 Å². The molecule has 4 rings (SSSR count). The lowest BCUT2D eigenvalue weighted by Crippen LogP contribution is -2.21. The highest BCUT2D eigenvalue weighted by Gasteiger charge is 2.21. The molecular formula is C28H23Cl2NO4S. The summed E-state index contributed by atoms with van der Waals surface area (Å²) < 4.78 is 6.86. The minimum atomic E-state index is -0.930. The number of hydrogen-bond acceptors (Lipinski definition) is 5. The summed E-state index contributed by atoms with van der Waals surface area (Å²) in [7, 11) is 0. The summed E-state index contributed by atoms with van der Waals surface area (Å²) in [6.45, 7) is 3.55. The van der Waals surface area contributed by atoms with Crippen molar-refractivity contribution in [3.63, 3.8) is 0 Å². The highest BCUT2D eigenvalue weighted by molar-refractivity contribution is 7.20. The molecule has 5 nitrogen and oxygen atoms in total. The Bertz CT molecular complexity index is 1470. The number of carbonyl (C=O) groups excluding carboxylic acids is 1. The molecule has 3 aromatic carbocycles. The SMILES string of the molecule is CC(C)C(=O)/C(COc1ccc(-c2ccc3sc(C(=O)O)cc3c2)cc1)=C(\N)c1c(Cl)cccc1Cl. The number of Topliss-reactive ketones (excluding diaryl/α,β-unsaturated/α-hetero) is 1. The van der Waals surface area contributed by atoms with E-state index >= 15 is 0 Å². The van der Waals surface area contributed by atoms with Crippen molar-refractivity contribution in [2.75, 3.05) is 6.61 Å². The van der Waals surface area contributed by atoms with Gasteiger partial charge in [0.1, 0.15) is 17.2 Å². The molecule has 0 aliphatic carbocycles. The first kappa shape index (κ1) is 25.8. The van der Waals surface area contributed by atoms with Gasteiger partial charge >= 0.3 is 5.97 Å². The van der Waals surface area contributed by atoms with Crippen LogP contribution in [0, 0.1) is 5.92 Å². The first-order valence-corrected chi connectivity index (χ1v) is 12.7. The lowest BCUT2D eigenvalue weighted by atomic mass is 9.97. The molecule has 0 unspecified atom stereocenters. The quantitative estimate of drug-likeness (QED) is 0.225. The summed E-state index contributed by atoms with van der Waals surface area (Å²) in [6, 6.07) is 20.0. The molecule has 3 N–H and O–H groups in total. The number of ether oxygens (including phenoxy) is 1. The first-order chi connectivity index (χ1) is 17.2. The van der Waals surface area contributed by atoms with Crippen LogP contribution in [-0.2, 0) is 4.79 Å². The summed E-state index contributed by atoms with van der Waals surface area (Å²) in [5.41, 5.74) is 9.21. The van der Waals surface area contributed by atoms with Crippen molar-refractivity contribution in [2.24, 2.45) is 11.7 Å². The molecule has 4 aromatic rings. The van der Waals surface area contributed by atoms with E-state index in [1.807, 2.05) is 42.5 Å². The summed E-state index contributed by atoms with van der Waals surface area (Å²) in [4.78, 5) is 24.5. The molecule has 36 heavy (non-hydrogen) atoms. The Kier molecular flexibility index (Phi) is 7.69. The zero-order chi connectivity index (χ0) is 26.0. The molecule has 0 radical (unpaired) electrons. The fraction of sp³-hybridized carbons (Fsp3) is 0.143. The number of halogens is 2. The molecular weight excluding hydrogens is 517 g/mol. The van der Waals surface area contributed by atoms with Crippen molar-refractivity contribution in [3.05, 3.63) is 92.8 Å². The van der Waals surface area contributed by atoms with Gasteiger partial charge in [0.05, 0.1) is 21.3 Å². The minimum Gasteiger partial charge on any atom is -0.489 e. The van der Waals surface area contributed by atoms with Gasteiger partial charge in [0.15, 0.2) is 5.78 Å². The van der Waals surface area contributed by atoms with Gasteiger partial charge in [0.2, 0.25) is 0 Å². The molecule has 0 fully saturated rings. The lowest BCUT2D eigenvalue weighted by molar-refractivity contribution is -0.118. The van der Waals surface area contributed by atoms with Crippen LogP contribution in [0.4, 0.5) is 0 Å². The monoisotopic (exact) mass is 539 g/mol. The van der Waals surface area contributed by atoms with E-state index in [0.29, 0.717) is 31.8 Å². The molecule has 8 heteroatoms. The molecule has 184 valence electrons. The number of nitrogens with two attached hydrogens (primary N) is 1. The molecule has 0 aliphatic rings. The Morgan fingerprint density at radius 1 is 0.972 bits per heavy atom. The standard InChI is InChI=1S/C28H23Cl2NO4S/c1-15(2)27(32)20(26(31)25-21(29)4-3-5-22(25)30)14-35-19-9-6-16(7-10-19)17-8-11-23-18(12-17)13-24(36-23)28(33)34/h3-13,15H,14,31H2,1-2H3,(H,33,34)/b26-20-. The van der Waals surface area contributed by atoms with Crippen LogP contribution in [0.1, 0.15) is 29.1 Å². The van der Waals surface area contributed by atoms with Gasteiger partial charge in [-0.3, -0.25) is 4.79 Å². The molecule has 0 spiro atoms. The second-order valence-corrected chi connectivity index (χ2v) is 10.4. The van der Waals surface area contributed by atoms with E-state index in [1.165, 1.54) is 11.3 Å². The molecule has 0 aliphatic heterocycles. The van der Waals surface area contributed by atoms with E-state index < -0.39 is 5.97 Å². The summed E-state index contributed by atoms with van der Waals surface area (Å²) in [5.74, 6) is -0.805. The van der Waals surface area contributed by atoms with Gasteiger partial charge < -0.3 is 15.6 Å². The number of carboxylic acids is 1. The number of hydrogen-bond donors (Lipinski definition) is 2. The number of benzene rings is 3. The maximum Gasteiger partial charge on any atom is 0.345 e. The average molecular weight is 540 g/mol.